The zero-order valence-corrected chi connectivity index (χ0v) is 20.8. The Hall–Kier alpha value is -3.66. The van der Waals surface area contributed by atoms with Crippen LogP contribution in [0.15, 0.2) is 72.8 Å². The van der Waals surface area contributed by atoms with Crippen LogP contribution in [0.5, 0.6) is 0 Å². The summed E-state index contributed by atoms with van der Waals surface area (Å²) in [6, 6.07) is 22.8. The summed E-state index contributed by atoms with van der Waals surface area (Å²) < 4.78 is 31.5. The smallest absolute Gasteiger partial charge is 0.258 e. The Kier molecular flexibility index (Phi) is 6.77. The summed E-state index contributed by atoms with van der Waals surface area (Å²) in [5, 5.41) is 6.35. The van der Waals surface area contributed by atoms with Gasteiger partial charge in [0, 0.05) is 42.3 Å². The van der Waals surface area contributed by atoms with Crippen LogP contribution in [-0.2, 0) is 26.1 Å². The molecule has 3 aromatic carbocycles. The Morgan fingerprint density at radius 2 is 1.67 bits per heavy atom. The van der Waals surface area contributed by atoms with Gasteiger partial charge < -0.3 is 15.4 Å². The Morgan fingerprint density at radius 3 is 2.36 bits per heavy atom. The van der Waals surface area contributed by atoms with E-state index >= 15 is 0 Å². The van der Waals surface area contributed by atoms with Crippen molar-refractivity contribution in [3.63, 3.8) is 0 Å². The molecule has 2 aliphatic heterocycles. The lowest BCUT2D eigenvalue weighted by Crippen LogP contribution is -2.35. The van der Waals surface area contributed by atoms with Crippen LogP contribution in [0, 0.1) is 0 Å². The number of carbonyl (C=O) groups excluding carboxylic acids is 1. The molecule has 3 N–H and O–H groups in total. The molecule has 186 valence electrons. The van der Waals surface area contributed by atoms with Gasteiger partial charge in [-0.3, -0.25) is 14.4 Å². The van der Waals surface area contributed by atoms with Crippen molar-refractivity contribution < 1.29 is 17.9 Å². The maximum Gasteiger partial charge on any atom is 0.258 e. The van der Waals surface area contributed by atoms with Crippen molar-refractivity contribution in [1.29, 1.82) is 0 Å². The Morgan fingerprint density at radius 1 is 0.972 bits per heavy atom. The van der Waals surface area contributed by atoms with Crippen LogP contribution < -0.4 is 15.4 Å². The fraction of sp³-hybridized carbons (Fsp3) is 0.222. The minimum Gasteiger partial charge on any atom is -0.379 e. The number of nitrogens with zero attached hydrogens (tertiary/aromatic N) is 1. The molecule has 2 heterocycles. The first-order chi connectivity index (χ1) is 17.4. The molecule has 5 rings (SSSR count). The molecule has 0 saturated carbocycles. The minimum absolute atomic E-state index is 0.253. The lowest BCUT2D eigenvalue weighted by molar-refractivity contribution is -0.110. The van der Waals surface area contributed by atoms with Gasteiger partial charge in [0.25, 0.3) is 5.91 Å². The second-order valence-electron chi connectivity index (χ2n) is 8.92. The number of nitrogens with one attached hydrogen (secondary N) is 3. The van der Waals surface area contributed by atoms with E-state index in [9.17, 15) is 13.2 Å². The highest BCUT2D eigenvalue weighted by Gasteiger charge is 2.29. The van der Waals surface area contributed by atoms with Gasteiger partial charge in [-0.25, -0.2) is 8.42 Å². The minimum atomic E-state index is -3.46. The van der Waals surface area contributed by atoms with E-state index in [0.29, 0.717) is 28.2 Å². The number of amides is 1. The number of hydrogen-bond donors (Lipinski definition) is 3. The Balaban J connectivity index is 1.50. The molecule has 0 bridgehead atoms. The summed E-state index contributed by atoms with van der Waals surface area (Å²) in [6.07, 6.45) is 1.10. The molecule has 36 heavy (non-hydrogen) atoms. The summed E-state index contributed by atoms with van der Waals surface area (Å²) >= 11 is 0. The maximum atomic E-state index is 13.1. The van der Waals surface area contributed by atoms with E-state index in [-0.39, 0.29) is 5.91 Å². The van der Waals surface area contributed by atoms with Crippen molar-refractivity contribution in [2.75, 3.05) is 47.9 Å². The van der Waals surface area contributed by atoms with Gasteiger partial charge in [-0.1, -0.05) is 42.5 Å². The third-order valence-electron chi connectivity index (χ3n) is 6.11. The molecule has 3 aromatic rings. The maximum absolute atomic E-state index is 13.1. The normalized spacial score (nSPS) is 17.3. The number of ether oxygens (including phenoxy) is 1. The van der Waals surface area contributed by atoms with E-state index in [0.717, 1.165) is 50.4 Å². The number of rotatable bonds is 7. The average Bonchev–Trinajstić information content (AvgIpc) is 3.18. The topological polar surface area (TPSA) is 99.8 Å². The summed E-state index contributed by atoms with van der Waals surface area (Å²) in [6.45, 7) is 4.24. The zero-order valence-electron chi connectivity index (χ0n) is 20.0. The SMILES string of the molecule is CS(=O)(=O)Nc1ccc2c(c1)/C(=C(/Nc1ccc(CN3CCOCC3)cc1)c1ccccc1)C(=O)N2. The van der Waals surface area contributed by atoms with E-state index in [1.54, 1.807) is 18.2 Å². The van der Waals surface area contributed by atoms with E-state index in [4.69, 9.17) is 4.74 Å². The highest BCUT2D eigenvalue weighted by molar-refractivity contribution is 7.92. The first-order valence-electron chi connectivity index (χ1n) is 11.7. The molecule has 9 heteroatoms. The standard InChI is InChI=1S/C27H28N4O4S/c1-36(33,34)30-22-11-12-24-23(17-22)25(27(32)29-24)26(20-5-3-2-4-6-20)28-21-9-7-19(8-10-21)18-31-13-15-35-16-14-31/h2-12,17,28,30H,13-16,18H2,1H3,(H,29,32)/b26-25-. The number of hydrogen-bond acceptors (Lipinski definition) is 6. The molecule has 0 radical (unpaired) electrons. The predicted molar refractivity (Wildman–Crippen MR) is 143 cm³/mol. The van der Waals surface area contributed by atoms with Crippen molar-refractivity contribution in [2.24, 2.45) is 0 Å². The molecule has 1 amide bonds. The van der Waals surface area contributed by atoms with Crippen LogP contribution in [0.1, 0.15) is 16.7 Å². The average molecular weight is 505 g/mol. The van der Waals surface area contributed by atoms with Crippen LogP contribution in [-0.4, -0.2) is 51.8 Å². The number of sulfonamides is 1. The highest BCUT2D eigenvalue weighted by atomic mass is 32.2. The van der Waals surface area contributed by atoms with Crippen LogP contribution in [0.3, 0.4) is 0 Å². The van der Waals surface area contributed by atoms with E-state index in [2.05, 4.69) is 32.4 Å². The fourth-order valence-corrected chi connectivity index (χ4v) is 4.99. The fourth-order valence-electron chi connectivity index (χ4n) is 4.43. The van der Waals surface area contributed by atoms with Gasteiger partial charge in [-0.05, 0) is 41.5 Å². The molecule has 0 atom stereocenters. The molecule has 0 aliphatic carbocycles. The molecule has 1 fully saturated rings. The summed E-state index contributed by atoms with van der Waals surface area (Å²) in [5.74, 6) is -0.253. The number of anilines is 3. The second-order valence-corrected chi connectivity index (χ2v) is 10.7. The molecular formula is C27H28N4O4S. The van der Waals surface area contributed by atoms with Gasteiger partial charge in [0.05, 0.1) is 30.7 Å². The van der Waals surface area contributed by atoms with Crippen molar-refractivity contribution in [1.82, 2.24) is 4.90 Å². The molecule has 1 saturated heterocycles. The van der Waals surface area contributed by atoms with Crippen LogP contribution in [0.25, 0.3) is 11.3 Å². The predicted octanol–water partition coefficient (Wildman–Crippen LogP) is 3.82. The number of carbonyl (C=O) groups is 1. The third-order valence-corrected chi connectivity index (χ3v) is 6.72. The van der Waals surface area contributed by atoms with E-state index in [1.165, 1.54) is 5.56 Å². The van der Waals surface area contributed by atoms with Crippen LogP contribution >= 0.6 is 0 Å². The first kappa shape index (κ1) is 24.1. The molecule has 2 aliphatic rings. The Labute approximate surface area is 211 Å². The van der Waals surface area contributed by atoms with Crippen LogP contribution in [0.4, 0.5) is 17.1 Å². The second kappa shape index (κ2) is 10.1. The monoisotopic (exact) mass is 504 g/mol. The molecule has 0 unspecified atom stereocenters. The van der Waals surface area contributed by atoms with Crippen LogP contribution in [0.2, 0.25) is 0 Å². The van der Waals surface area contributed by atoms with Crippen molar-refractivity contribution >= 4 is 44.3 Å². The lowest BCUT2D eigenvalue weighted by Gasteiger charge is -2.26. The lowest BCUT2D eigenvalue weighted by atomic mass is 9.99. The third kappa shape index (κ3) is 5.59. The molecule has 0 spiro atoms. The van der Waals surface area contributed by atoms with Gasteiger partial charge in [-0.2, -0.15) is 0 Å². The van der Waals surface area contributed by atoms with E-state index < -0.39 is 10.0 Å². The quantitative estimate of drug-likeness (QED) is 0.423. The van der Waals surface area contributed by atoms with Gasteiger partial charge in [-0.15, -0.1) is 0 Å². The molecule has 0 aromatic heterocycles. The van der Waals surface area contributed by atoms with Gasteiger partial charge >= 0.3 is 0 Å². The molecular weight excluding hydrogens is 476 g/mol. The Bertz CT molecular complexity index is 1400. The number of benzene rings is 3. The first-order valence-corrected chi connectivity index (χ1v) is 13.6. The largest absolute Gasteiger partial charge is 0.379 e. The van der Waals surface area contributed by atoms with Gasteiger partial charge in [0.15, 0.2) is 0 Å². The zero-order chi connectivity index (χ0) is 25.1. The highest BCUT2D eigenvalue weighted by Crippen LogP contribution is 2.39. The summed E-state index contributed by atoms with van der Waals surface area (Å²) in [4.78, 5) is 15.5. The van der Waals surface area contributed by atoms with Crippen molar-refractivity contribution in [3.05, 3.63) is 89.5 Å². The van der Waals surface area contributed by atoms with E-state index in [1.807, 2.05) is 42.5 Å². The summed E-state index contributed by atoms with van der Waals surface area (Å²) in [5.41, 5.74) is 5.64. The van der Waals surface area contributed by atoms with Crippen molar-refractivity contribution in [2.45, 2.75) is 6.54 Å². The molecule has 8 nitrogen and oxygen atoms in total. The van der Waals surface area contributed by atoms with Gasteiger partial charge in [0.2, 0.25) is 10.0 Å². The summed E-state index contributed by atoms with van der Waals surface area (Å²) in [7, 11) is -3.46. The number of morpholine rings is 1. The number of fused-ring (bicyclic) bond motifs is 1. The van der Waals surface area contributed by atoms with Crippen molar-refractivity contribution in [3.8, 4) is 0 Å². The van der Waals surface area contributed by atoms with Gasteiger partial charge in [0.1, 0.15) is 0 Å².